The summed E-state index contributed by atoms with van der Waals surface area (Å²) >= 11 is 1.10. The molecule has 2 amide bonds. The fourth-order valence-electron chi connectivity index (χ4n) is 3.01. The minimum atomic E-state index is -0.853. The molecule has 1 aromatic heterocycles. The molecule has 0 unspecified atom stereocenters. The van der Waals surface area contributed by atoms with E-state index in [1.54, 1.807) is 5.38 Å². The van der Waals surface area contributed by atoms with Gasteiger partial charge in [0.2, 0.25) is 5.91 Å². The summed E-state index contributed by atoms with van der Waals surface area (Å²) in [6, 6.07) is 16.0. The van der Waals surface area contributed by atoms with Crippen LogP contribution in [0.5, 0.6) is 0 Å². The van der Waals surface area contributed by atoms with Crippen LogP contribution in [0.2, 0.25) is 0 Å². The third kappa shape index (κ3) is 4.91. The summed E-state index contributed by atoms with van der Waals surface area (Å²) in [6.07, 6.45) is 0.759. The minimum Gasteiger partial charge on any atom is -0.349 e. The molecule has 156 valence electrons. The van der Waals surface area contributed by atoms with Crippen LogP contribution >= 0.6 is 11.5 Å². The average Bonchev–Trinajstić information content (AvgIpc) is 3.27. The van der Waals surface area contributed by atoms with Crippen molar-refractivity contribution in [3.63, 3.8) is 0 Å². The monoisotopic (exact) mass is 422 g/mol. The second-order valence-corrected chi connectivity index (χ2v) is 8.45. The Kier molecular flexibility index (Phi) is 6.62. The molecular formula is C23H26N4O2S. The molecule has 0 aliphatic rings. The van der Waals surface area contributed by atoms with E-state index in [4.69, 9.17) is 0 Å². The van der Waals surface area contributed by atoms with Crippen molar-refractivity contribution in [3.05, 3.63) is 76.8 Å². The number of carbonyl (C=O) groups is 2. The van der Waals surface area contributed by atoms with Crippen molar-refractivity contribution >= 4 is 29.0 Å². The predicted molar refractivity (Wildman–Crippen MR) is 120 cm³/mol. The summed E-state index contributed by atoms with van der Waals surface area (Å²) in [5.41, 5.74) is 2.21. The second-order valence-electron chi connectivity index (χ2n) is 7.84. The second kappa shape index (κ2) is 9.17. The lowest BCUT2D eigenvalue weighted by molar-refractivity contribution is -0.124. The van der Waals surface area contributed by atoms with E-state index in [0.717, 1.165) is 29.1 Å². The normalized spacial score (nSPS) is 12.3. The Balaban J connectivity index is 2.14. The molecule has 30 heavy (non-hydrogen) atoms. The number of nitrogens with one attached hydrogen (secondary N) is 1. The van der Waals surface area contributed by atoms with Gasteiger partial charge in [-0.3, -0.25) is 14.5 Å². The summed E-state index contributed by atoms with van der Waals surface area (Å²) in [7, 11) is 0. The Bertz CT molecular complexity index is 986. The molecular weight excluding hydrogens is 396 g/mol. The van der Waals surface area contributed by atoms with Crippen molar-refractivity contribution in [2.24, 2.45) is 0 Å². The highest BCUT2D eigenvalue weighted by molar-refractivity contribution is 7.03. The number of aryl methyl sites for hydroxylation is 1. The molecule has 0 saturated carbocycles. The molecule has 3 aromatic rings. The Morgan fingerprint density at radius 3 is 2.33 bits per heavy atom. The molecule has 0 saturated heterocycles. The lowest BCUT2D eigenvalue weighted by Gasteiger charge is -2.34. The first-order chi connectivity index (χ1) is 14.3. The first-order valence-electron chi connectivity index (χ1n) is 9.86. The zero-order chi connectivity index (χ0) is 21.7. The molecule has 2 aromatic carbocycles. The van der Waals surface area contributed by atoms with Gasteiger partial charge in [-0.15, -0.1) is 5.10 Å². The van der Waals surface area contributed by atoms with Crippen LogP contribution in [0.4, 0.5) is 5.69 Å². The van der Waals surface area contributed by atoms with E-state index in [2.05, 4.69) is 14.9 Å². The van der Waals surface area contributed by atoms with Gasteiger partial charge in [-0.2, -0.15) is 0 Å². The lowest BCUT2D eigenvalue weighted by Crippen LogP contribution is -2.50. The largest absolute Gasteiger partial charge is 0.349 e. The highest BCUT2D eigenvalue weighted by Crippen LogP contribution is 2.30. The standard InChI is InChI=1S/C23H26N4O2S/c1-5-23(3,4)24-21(28)20(17-9-7-6-8-10-17)27(18-13-11-16(2)12-14-18)22(29)19-15-30-26-25-19/h6-15,20H,5H2,1-4H3,(H,24,28)/t20-/m1/s1. The number of anilines is 1. The number of amides is 2. The van der Waals surface area contributed by atoms with Crippen LogP contribution in [0, 0.1) is 6.92 Å². The van der Waals surface area contributed by atoms with E-state index in [1.807, 2.05) is 82.3 Å². The number of hydrogen-bond donors (Lipinski definition) is 1. The molecule has 0 spiro atoms. The maximum atomic E-state index is 13.5. The highest BCUT2D eigenvalue weighted by atomic mass is 32.1. The van der Waals surface area contributed by atoms with Crippen molar-refractivity contribution in [2.45, 2.75) is 45.7 Å². The Morgan fingerprint density at radius 1 is 1.10 bits per heavy atom. The van der Waals surface area contributed by atoms with E-state index < -0.39 is 11.6 Å². The van der Waals surface area contributed by atoms with Gasteiger partial charge in [0, 0.05) is 16.6 Å². The van der Waals surface area contributed by atoms with Gasteiger partial charge in [0.1, 0.15) is 6.04 Å². The number of aromatic nitrogens is 2. The molecule has 0 radical (unpaired) electrons. The van der Waals surface area contributed by atoms with Crippen LogP contribution in [0.15, 0.2) is 60.0 Å². The van der Waals surface area contributed by atoms with E-state index in [0.29, 0.717) is 5.69 Å². The SMILES string of the molecule is CCC(C)(C)NC(=O)[C@@H](c1ccccc1)N(C(=O)c1csnn1)c1ccc(C)cc1. The van der Waals surface area contributed by atoms with Gasteiger partial charge < -0.3 is 5.32 Å². The van der Waals surface area contributed by atoms with Crippen molar-refractivity contribution in [1.29, 1.82) is 0 Å². The van der Waals surface area contributed by atoms with E-state index in [1.165, 1.54) is 4.90 Å². The van der Waals surface area contributed by atoms with Crippen LogP contribution in [0.3, 0.4) is 0 Å². The van der Waals surface area contributed by atoms with Gasteiger partial charge in [0.25, 0.3) is 5.91 Å². The molecule has 0 fully saturated rings. The molecule has 0 bridgehead atoms. The number of benzene rings is 2. The fourth-order valence-corrected chi connectivity index (χ4v) is 3.44. The smallest absolute Gasteiger partial charge is 0.280 e. The zero-order valence-corrected chi connectivity index (χ0v) is 18.4. The molecule has 1 atom stereocenters. The molecule has 0 aliphatic carbocycles. The number of carbonyl (C=O) groups excluding carboxylic acids is 2. The van der Waals surface area contributed by atoms with Crippen molar-refractivity contribution in [1.82, 2.24) is 14.9 Å². The van der Waals surface area contributed by atoms with Crippen molar-refractivity contribution in [3.8, 4) is 0 Å². The van der Waals surface area contributed by atoms with Crippen molar-refractivity contribution < 1.29 is 9.59 Å². The molecule has 1 heterocycles. The minimum absolute atomic E-state index is 0.212. The molecule has 6 nitrogen and oxygen atoms in total. The van der Waals surface area contributed by atoms with Crippen LogP contribution in [-0.2, 0) is 4.79 Å². The van der Waals surface area contributed by atoms with Crippen molar-refractivity contribution in [2.75, 3.05) is 4.90 Å². The van der Waals surface area contributed by atoms with E-state index in [-0.39, 0.29) is 17.5 Å². The van der Waals surface area contributed by atoms with Crippen LogP contribution < -0.4 is 10.2 Å². The van der Waals surface area contributed by atoms with E-state index >= 15 is 0 Å². The summed E-state index contributed by atoms with van der Waals surface area (Å²) < 4.78 is 3.83. The maximum absolute atomic E-state index is 13.5. The first-order valence-corrected chi connectivity index (χ1v) is 10.7. The Morgan fingerprint density at radius 2 is 1.77 bits per heavy atom. The van der Waals surface area contributed by atoms with Gasteiger partial charge in [0.15, 0.2) is 5.69 Å². The van der Waals surface area contributed by atoms with Crippen LogP contribution in [0.25, 0.3) is 0 Å². The third-order valence-electron chi connectivity index (χ3n) is 5.08. The van der Waals surface area contributed by atoms with Gasteiger partial charge in [-0.1, -0.05) is 59.4 Å². The number of nitrogens with zero attached hydrogens (tertiary/aromatic N) is 3. The van der Waals surface area contributed by atoms with Gasteiger partial charge in [-0.25, -0.2) is 0 Å². The molecule has 1 N–H and O–H groups in total. The fraction of sp³-hybridized carbons (Fsp3) is 0.304. The van der Waals surface area contributed by atoms with Crippen LogP contribution in [0.1, 0.15) is 54.8 Å². The highest BCUT2D eigenvalue weighted by Gasteiger charge is 2.36. The van der Waals surface area contributed by atoms with Gasteiger partial charge in [-0.05, 0) is 56.4 Å². The average molecular weight is 423 g/mol. The topological polar surface area (TPSA) is 75.2 Å². The summed E-state index contributed by atoms with van der Waals surface area (Å²) in [5.74, 6) is -0.615. The summed E-state index contributed by atoms with van der Waals surface area (Å²) in [6.45, 7) is 7.93. The first kappa shape index (κ1) is 21.6. The zero-order valence-electron chi connectivity index (χ0n) is 17.6. The lowest BCUT2D eigenvalue weighted by atomic mass is 9.98. The summed E-state index contributed by atoms with van der Waals surface area (Å²) in [5, 5.41) is 8.65. The number of hydrogen-bond acceptors (Lipinski definition) is 5. The van der Waals surface area contributed by atoms with Crippen LogP contribution in [-0.4, -0.2) is 26.9 Å². The van der Waals surface area contributed by atoms with Gasteiger partial charge in [0.05, 0.1) is 0 Å². The molecule has 0 aliphatic heterocycles. The molecule has 3 rings (SSSR count). The van der Waals surface area contributed by atoms with E-state index in [9.17, 15) is 9.59 Å². The third-order valence-corrected chi connectivity index (χ3v) is 5.58. The van der Waals surface area contributed by atoms with Gasteiger partial charge >= 0.3 is 0 Å². The maximum Gasteiger partial charge on any atom is 0.280 e. The predicted octanol–water partition coefficient (Wildman–Crippen LogP) is 4.54. The Hall–Kier alpha value is -3.06. The quantitative estimate of drug-likeness (QED) is 0.607. The Labute approximate surface area is 181 Å². The summed E-state index contributed by atoms with van der Waals surface area (Å²) in [4.78, 5) is 28.5. The number of rotatable bonds is 7. The molecule has 7 heteroatoms.